The molecule has 0 radical (unpaired) electrons. The number of ether oxygens (including phenoxy) is 2. The quantitative estimate of drug-likeness (QED) is 0.355. The number of likely N-dealkylation sites (tertiary alicyclic amines) is 1. The van der Waals surface area contributed by atoms with Crippen molar-refractivity contribution in [3.05, 3.63) is 59.3 Å². The van der Waals surface area contributed by atoms with E-state index in [-0.39, 0.29) is 28.8 Å². The summed E-state index contributed by atoms with van der Waals surface area (Å²) in [6, 6.07) is 10.3. The number of amides is 1. The zero-order valence-electron chi connectivity index (χ0n) is 24.8. The Labute approximate surface area is 233 Å². The van der Waals surface area contributed by atoms with Crippen molar-refractivity contribution in [2.24, 2.45) is 0 Å². The van der Waals surface area contributed by atoms with Gasteiger partial charge in [0.1, 0.15) is 5.60 Å². The molecule has 1 fully saturated rings. The topological polar surface area (TPSA) is 98.2 Å². The SMILES string of the molecule is COc1ccc([C@@H](O[Si](C)(C)C(C)(C)C)[C@H]2CC[C@@H](Cc3ccc(C(=O)O)cc3)N2C(=O)OC(C)(C)C)cn1. The van der Waals surface area contributed by atoms with Gasteiger partial charge in [-0.05, 0) is 81.9 Å². The van der Waals surface area contributed by atoms with Gasteiger partial charge in [0.15, 0.2) is 8.32 Å². The van der Waals surface area contributed by atoms with Crippen LogP contribution in [0.25, 0.3) is 0 Å². The third-order valence-electron chi connectivity index (χ3n) is 7.70. The van der Waals surface area contributed by atoms with Gasteiger partial charge in [0.2, 0.25) is 5.88 Å². The molecule has 8 nitrogen and oxygen atoms in total. The fourth-order valence-electron chi connectivity index (χ4n) is 4.61. The number of hydrogen-bond donors (Lipinski definition) is 1. The normalized spacial score (nSPS) is 19.1. The molecule has 1 aliphatic rings. The lowest BCUT2D eigenvalue weighted by Crippen LogP contribution is -2.50. The van der Waals surface area contributed by atoms with Crippen LogP contribution in [0.15, 0.2) is 42.6 Å². The van der Waals surface area contributed by atoms with E-state index in [0.717, 1.165) is 24.0 Å². The van der Waals surface area contributed by atoms with Gasteiger partial charge in [-0.1, -0.05) is 32.9 Å². The minimum atomic E-state index is -2.26. The minimum absolute atomic E-state index is 0.0359. The van der Waals surface area contributed by atoms with E-state index >= 15 is 0 Å². The molecule has 2 heterocycles. The van der Waals surface area contributed by atoms with Crippen molar-refractivity contribution < 1.29 is 28.6 Å². The lowest BCUT2D eigenvalue weighted by molar-refractivity contribution is -0.00245. The summed E-state index contributed by atoms with van der Waals surface area (Å²) in [6.45, 7) is 16.6. The van der Waals surface area contributed by atoms with E-state index in [1.807, 2.05) is 49.9 Å². The number of carboxylic acids is 1. The molecule has 1 amide bonds. The fraction of sp³-hybridized carbons (Fsp3) is 0.567. The van der Waals surface area contributed by atoms with Gasteiger partial charge in [-0.3, -0.25) is 4.90 Å². The summed E-state index contributed by atoms with van der Waals surface area (Å²) in [6.07, 6.45) is 3.11. The van der Waals surface area contributed by atoms with E-state index in [4.69, 9.17) is 13.9 Å². The molecule has 3 atom stereocenters. The molecule has 1 N–H and O–H groups in total. The Balaban J connectivity index is 2.02. The summed E-state index contributed by atoms with van der Waals surface area (Å²) in [5.41, 5.74) is 1.44. The second-order valence-electron chi connectivity index (χ2n) is 12.8. The number of aromatic nitrogens is 1. The van der Waals surface area contributed by atoms with Gasteiger partial charge < -0.3 is 19.0 Å². The number of carbonyl (C=O) groups is 2. The number of carboxylic acid groups (broad SMARTS) is 1. The third kappa shape index (κ3) is 7.60. The summed E-state index contributed by atoms with van der Waals surface area (Å²) in [7, 11) is -0.674. The zero-order chi connectivity index (χ0) is 29.2. The molecule has 214 valence electrons. The Morgan fingerprint density at radius 2 is 1.69 bits per heavy atom. The van der Waals surface area contributed by atoms with Crippen molar-refractivity contribution in [1.82, 2.24) is 9.88 Å². The van der Waals surface area contributed by atoms with Crippen LogP contribution in [-0.4, -0.2) is 60.2 Å². The maximum atomic E-state index is 13.8. The van der Waals surface area contributed by atoms with E-state index in [1.165, 1.54) is 0 Å². The molecular weight excluding hydrogens is 512 g/mol. The van der Waals surface area contributed by atoms with Crippen molar-refractivity contribution in [3.63, 3.8) is 0 Å². The molecule has 1 saturated heterocycles. The number of aromatic carboxylic acids is 1. The smallest absolute Gasteiger partial charge is 0.410 e. The van der Waals surface area contributed by atoms with E-state index in [0.29, 0.717) is 12.3 Å². The van der Waals surface area contributed by atoms with Gasteiger partial charge in [0.25, 0.3) is 0 Å². The number of benzene rings is 1. The number of nitrogens with zero attached hydrogens (tertiary/aromatic N) is 2. The van der Waals surface area contributed by atoms with E-state index < -0.39 is 26.0 Å². The summed E-state index contributed by atoms with van der Waals surface area (Å²) in [5.74, 6) is -0.445. The molecule has 39 heavy (non-hydrogen) atoms. The molecule has 0 aliphatic carbocycles. The molecule has 1 aromatic carbocycles. The lowest BCUT2D eigenvalue weighted by atomic mass is 10.0. The molecule has 2 aromatic rings. The maximum Gasteiger partial charge on any atom is 0.410 e. The highest BCUT2D eigenvalue weighted by atomic mass is 28.4. The molecule has 0 bridgehead atoms. The Morgan fingerprint density at radius 1 is 1.05 bits per heavy atom. The second kappa shape index (κ2) is 11.7. The van der Waals surface area contributed by atoms with Crippen LogP contribution in [0.3, 0.4) is 0 Å². The van der Waals surface area contributed by atoms with Gasteiger partial charge >= 0.3 is 12.1 Å². The summed E-state index contributed by atoms with van der Waals surface area (Å²) >= 11 is 0. The van der Waals surface area contributed by atoms with Crippen LogP contribution >= 0.6 is 0 Å². The predicted molar refractivity (Wildman–Crippen MR) is 154 cm³/mol. The molecule has 1 aromatic heterocycles. The van der Waals surface area contributed by atoms with E-state index in [1.54, 1.807) is 25.4 Å². The average molecular weight is 557 g/mol. The first-order valence-electron chi connectivity index (χ1n) is 13.5. The van der Waals surface area contributed by atoms with Gasteiger partial charge in [-0.2, -0.15) is 0 Å². The van der Waals surface area contributed by atoms with Crippen LogP contribution in [0.5, 0.6) is 5.88 Å². The summed E-state index contributed by atoms with van der Waals surface area (Å²) in [4.78, 5) is 31.4. The molecule has 1 aliphatic heterocycles. The lowest BCUT2D eigenvalue weighted by Gasteiger charge is -2.43. The number of rotatable bonds is 8. The first-order valence-corrected chi connectivity index (χ1v) is 16.4. The number of carbonyl (C=O) groups excluding carboxylic acids is 1. The Kier molecular flexibility index (Phi) is 9.17. The van der Waals surface area contributed by atoms with Gasteiger partial charge in [-0.15, -0.1) is 0 Å². The van der Waals surface area contributed by atoms with Crippen molar-refractivity contribution >= 4 is 20.4 Å². The van der Waals surface area contributed by atoms with Crippen molar-refractivity contribution in [1.29, 1.82) is 0 Å². The molecule has 3 rings (SSSR count). The highest BCUT2D eigenvalue weighted by Gasteiger charge is 2.47. The fourth-order valence-corrected chi connectivity index (χ4v) is 5.89. The van der Waals surface area contributed by atoms with Crippen molar-refractivity contribution in [2.45, 2.75) is 103 Å². The summed E-state index contributed by atoms with van der Waals surface area (Å²) < 4.78 is 18.2. The average Bonchev–Trinajstić information content (AvgIpc) is 3.24. The Morgan fingerprint density at radius 3 is 2.18 bits per heavy atom. The third-order valence-corrected chi connectivity index (χ3v) is 12.2. The molecule has 0 unspecified atom stereocenters. The highest BCUT2D eigenvalue weighted by Crippen LogP contribution is 2.44. The van der Waals surface area contributed by atoms with Gasteiger partial charge in [-0.25, -0.2) is 14.6 Å². The number of hydrogen-bond acceptors (Lipinski definition) is 6. The second-order valence-corrected chi connectivity index (χ2v) is 17.6. The molecule has 9 heteroatoms. The van der Waals surface area contributed by atoms with Crippen LogP contribution in [0.2, 0.25) is 18.1 Å². The Hall–Kier alpha value is -2.91. The monoisotopic (exact) mass is 556 g/mol. The highest BCUT2D eigenvalue weighted by molar-refractivity contribution is 6.74. The summed E-state index contributed by atoms with van der Waals surface area (Å²) in [5, 5.41) is 9.24. The van der Waals surface area contributed by atoms with Gasteiger partial charge in [0.05, 0.1) is 24.8 Å². The Bertz CT molecular complexity index is 1140. The van der Waals surface area contributed by atoms with Gasteiger partial charge in [0, 0.05) is 23.9 Å². The minimum Gasteiger partial charge on any atom is -0.481 e. The molecular formula is C30H44N2O6Si. The largest absolute Gasteiger partial charge is 0.481 e. The standard InChI is InChI=1S/C30H44N2O6Si/c1-29(2,3)37-28(35)32-23(18-20-10-12-21(13-11-20)27(33)34)15-16-24(32)26(38-39(8,9)30(4,5)6)22-14-17-25(36-7)31-19-22/h10-14,17,19,23-24,26H,15-16,18H2,1-9H3,(H,33,34)/t23-,24+,26+/m0/s1. The van der Waals surface area contributed by atoms with E-state index in [9.17, 15) is 14.7 Å². The number of methoxy groups -OCH3 is 1. The van der Waals surface area contributed by atoms with Crippen molar-refractivity contribution in [2.75, 3.05) is 7.11 Å². The molecule has 0 saturated carbocycles. The maximum absolute atomic E-state index is 13.8. The number of pyridine rings is 1. The van der Waals surface area contributed by atoms with Crippen LogP contribution in [0.1, 0.15) is 82.0 Å². The zero-order valence-corrected chi connectivity index (χ0v) is 25.8. The van der Waals surface area contributed by atoms with Crippen molar-refractivity contribution in [3.8, 4) is 5.88 Å². The van der Waals surface area contributed by atoms with Crippen LogP contribution in [-0.2, 0) is 15.6 Å². The van der Waals surface area contributed by atoms with Crippen LogP contribution in [0.4, 0.5) is 4.79 Å². The predicted octanol–water partition coefficient (Wildman–Crippen LogP) is 6.86. The first kappa shape index (κ1) is 30.6. The van der Waals surface area contributed by atoms with Crippen LogP contribution < -0.4 is 4.74 Å². The van der Waals surface area contributed by atoms with Crippen LogP contribution in [0, 0.1) is 0 Å². The molecule has 0 spiro atoms. The first-order chi connectivity index (χ1) is 18.0. The van der Waals surface area contributed by atoms with E-state index in [2.05, 4.69) is 38.8 Å².